The highest BCUT2D eigenvalue weighted by Gasteiger charge is 2.80. The van der Waals surface area contributed by atoms with E-state index in [9.17, 15) is 9.59 Å². The summed E-state index contributed by atoms with van der Waals surface area (Å²) < 4.78 is 0. The van der Waals surface area contributed by atoms with Crippen molar-refractivity contribution in [1.82, 2.24) is 10.4 Å². The fourth-order valence-corrected chi connectivity index (χ4v) is 5.15. The summed E-state index contributed by atoms with van der Waals surface area (Å²) in [5, 5.41) is 1.86. The third-order valence-corrected chi connectivity index (χ3v) is 6.54. The van der Waals surface area contributed by atoms with Crippen molar-refractivity contribution < 1.29 is 9.59 Å². The number of amides is 2. The van der Waals surface area contributed by atoms with Crippen LogP contribution in [0.5, 0.6) is 0 Å². The highest BCUT2D eigenvalue weighted by atomic mass is 16.2. The van der Waals surface area contributed by atoms with Crippen molar-refractivity contribution in [3.05, 3.63) is 0 Å². The molecule has 0 radical (unpaired) electrons. The first-order valence-electron chi connectivity index (χ1n) is 7.19. The molecule has 1 aliphatic heterocycles. The van der Waals surface area contributed by atoms with Crippen LogP contribution in [0.2, 0.25) is 0 Å². The van der Waals surface area contributed by atoms with Crippen molar-refractivity contribution >= 4 is 11.8 Å². The third-order valence-electron chi connectivity index (χ3n) is 6.54. The van der Waals surface area contributed by atoms with Crippen molar-refractivity contribution in [3.63, 3.8) is 0 Å². The Balaban J connectivity index is 2.03. The summed E-state index contributed by atoms with van der Waals surface area (Å²) in [6.07, 6.45) is 3.41. The normalized spacial score (nSPS) is 47.6. The molecule has 4 atom stereocenters. The molecular weight excluding hydrogens is 242 g/mol. The molecule has 5 nitrogen and oxygen atoms in total. The standard InChI is InChI=1S/C14H23N3O2/c1-4-10(18)16-17-8-12(2)9-5-6-13(12,3)14(17,7-9)11(15)19/h9H,4-8H2,1-3H3,(H2,15,19)(H,16,18)/t9-,12-,13+,14-/m1/s1. The molecule has 2 aliphatic carbocycles. The van der Waals surface area contributed by atoms with E-state index >= 15 is 0 Å². The van der Waals surface area contributed by atoms with E-state index in [1.54, 1.807) is 0 Å². The highest BCUT2D eigenvalue weighted by molar-refractivity contribution is 5.88. The number of nitrogens with zero attached hydrogens (tertiary/aromatic N) is 1. The molecule has 2 amide bonds. The van der Waals surface area contributed by atoms with E-state index in [1.807, 2.05) is 11.9 Å². The van der Waals surface area contributed by atoms with Crippen LogP contribution in [0.25, 0.3) is 0 Å². The summed E-state index contributed by atoms with van der Waals surface area (Å²) in [5.74, 6) is 0.230. The Kier molecular flexibility index (Phi) is 2.38. The molecule has 3 fully saturated rings. The molecule has 4 bridgehead atoms. The van der Waals surface area contributed by atoms with Gasteiger partial charge in [0.15, 0.2) is 0 Å². The number of carbonyl (C=O) groups excluding carboxylic acids is 2. The SMILES string of the molecule is CCC(=O)NN1C[C@]2(C)[C@@H]3CC[C@]2(C)[C@]1(C(N)=O)C3. The quantitative estimate of drug-likeness (QED) is 0.792. The van der Waals surface area contributed by atoms with Crippen molar-refractivity contribution in [2.45, 2.75) is 52.0 Å². The first-order valence-corrected chi connectivity index (χ1v) is 7.19. The number of hydrazine groups is 1. The van der Waals surface area contributed by atoms with Gasteiger partial charge in [0.25, 0.3) is 0 Å². The van der Waals surface area contributed by atoms with Crippen molar-refractivity contribution in [3.8, 4) is 0 Å². The van der Waals surface area contributed by atoms with Crippen LogP contribution in [-0.2, 0) is 9.59 Å². The van der Waals surface area contributed by atoms with Gasteiger partial charge in [-0.1, -0.05) is 20.8 Å². The lowest BCUT2D eigenvalue weighted by atomic mass is 9.65. The number of nitrogens with two attached hydrogens (primary N) is 1. The molecular formula is C14H23N3O2. The van der Waals surface area contributed by atoms with Gasteiger partial charge in [0.1, 0.15) is 5.54 Å². The zero-order valence-corrected chi connectivity index (χ0v) is 12.0. The van der Waals surface area contributed by atoms with Gasteiger partial charge in [-0.15, -0.1) is 0 Å². The van der Waals surface area contributed by atoms with E-state index in [4.69, 9.17) is 5.73 Å². The summed E-state index contributed by atoms with van der Waals surface area (Å²) in [6.45, 7) is 7.00. The Bertz CT molecular complexity index is 466. The number of nitrogens with one attached hydrogen (secondary N) is 1. The average Bonchev–Trinajstić information content (AvgIpc) is 2.79. The van der Waals surface area contributed by atoms with Crippen LogP contribution in [0.1, 0.15) is 46.5 Å². The minimum Gasteiger partial charge on any atom is -0.368 e. The largest absolute Gasteiger partial charge is 0.368 e. The van der Waals surface area contributed by atoms with Crippen LogP contribution >= 0.6 is 0 Å². The molecule has 3 rings (SSSR count). The lowest BCUT2D eigenvalue weighted by molar-refractivity contribution is -0.144. The first kappa shape index (κ1) is 12.9. The zero-order valence-electron chi connectivity index (χ0n) is 12.0. The molecule has 3 N–H and O–H groups in total. The fraction of sp³-hybridized carbons (Fsp3) is 0.857. The summed E-state index contributed by atoms with van der Waals surface area (Å²) in [7, 11) is 0. The first-order chi connectivity index (χ1) is 8.82. The minimum atomic E-state index is -0.685. The Morgan fingerprint density at radius 1 is 1.42 bits per heavy atom. The predicted molar refractivity (Wildman–Crippen MR) is 70.6 cm³/mol. The Morgan fingerprint density at radius 2 is 2.11 bits per heavy atom. The average molecular weight is 265 g/mol. The predicted octanol–water partition coefficient (Wildman–Crippen LogP) is 0.794. The molecule has 1 saturated heterocycles. The van der Waals surface area contributed by atoms with Crippen LogP contribution in [0.15, 0.2) is 0 Å². The Hall–Kier alpha value is -1.10. The van der Waals surface area contributed by atoms with Crippen molar-refractivity contribution in [2.75, 3.05) is 6.54 Å². The van der Waals surface area contributed by atoms with Gasteiger partial charge in [0, 0.05) is 18.4 Å². The van der Waals surface area contributed by atoms with Gasteiger partial charge < -0.3 is 5.73 Å². The van der Waals surface area contributed by atoms with Crippen LogP contribution in [0, 0.1) is 16.7 Å². The van der Waals surface area contributed by atoms with E-state index < -0.39 is 5.54 Å². The lowest BCUT2D eigenvalue weighted by Gasteiger charge is -2.45. The molecule has 2 saturated carbocycles. The molecule has 0 spiro atoms. The Labute approximate surface area is 113 Å². The monoisotopic (exact) mass is 265 g/mol. The third kappa shape index (κ3) is 1.16. The second-order valence-corrected chi connectivity index (χ2v) is 6.89. The molecule has 1 heterocycles. The van der Waals surface area contributed by atoms with Gasteiger partial charge in [-0.2, -0.15) is 0 Å². The number of primary amides is 1. The summed E-state index contributed by atoms with van der Waals surface area (Å²) in [6, 6.07) is 0. The second kappa shape index (κ2) is 3.51. The minimum absolute atomic E-state index is 0.0451. The van der Waals surface area contributed by atoms with E-state index in [2.05, 4.69) is 19.3 Å². The van der Waals surface area contributed by atoms with Gasteiger partial charge >= 0.3 is 0 Å². The van der Waals surface area contributed by atoms with Gasteiger partial charge in [0.2, 0.25) is 11.8 Å². The van der Waals surface area contributed by atoms with Crippen LogP contribution in [0.4, 0.5) is 0 Å². The van der Waals surface area contributed by atoms with Gasteiger partial charge in [-0.25, -0.2) is 5.01 Å². The molecule has 106 valence electrons. The van der Waals surface area contributed by atoms with Gasteiger partial charge in [0.05, 0.1) is 0 Å². The number of hydrogen-bond donors (Lipinski definition) is 2. The van der Waals surface area contributed by atoms with Crippen LogP contribution in [0.3, 0.4) is 0 Å². The fourth-order valence-electron chi connectivity index (χ4n) is 5.15. The Morgan fingerprint density at radius 3 is 2.63 bits per heavy atom. The van der Waals surface area contributed by atoms with E-state index in [1.165, 1.54) is 6.42 Å². The molecule has 0 unspecified atom stereocenters. The van der Waals surface area contributed by atoms with Gasteiger partial charge in [-0.3, -0.25) is 15.0 Å². The molecule has 0 aromatic rings. The second-order valence-electron chi connectivity index (χ2n) is 6.89. The number of carbonyl (C=O) groups is 2. The lowest BCUT2D eigenvalue weighted by Crippen LogP contribution is -2.66. The number of piperidine rings is 1. The van der Waals surface area contributed by atoms with Crippen LogP contribution in [-0.4, -0.2) is 28.9 Å². The topological polar surface area (TPSA) is 75.4 Å². The van der Waals surface area contributed by atoms with E-state index in [0.29, 0.717) is 12.3 Å². The maximum Gasteiger partial charge on any atom is 0.240 e. The van der Waals surface area contributed by atoms with Crippen molar-refractivity contribution in [1.29, 1.82) is 0 Å². The summed E-state index contributed by atoms with van der Waals surface area (Å²) in [5.41, 5.74) is 7.97. The van der Waals surface area contributed by atoms with Gasteiger partial charge in [-0.05, 0) is 30.6 Å². The summed E-state index contributed by atoms with van der Waals surface area (Å²) in [4.78, 5) is 23.9. The molecule has 5 heteroatoms. The number of hydrogen-bond acceptors (Lipinski definition) is 3. The summed E-state index contributed by atoms with van der Waals surface area (Å²) >= 11 is 0. The number of rotatable bonds is 3. The van der Waals surface area contributed by atoms with Crippen molar-refractivity contribution in [2.24, 2.45) is 22.5 Å². The maximum atomic E-state index is 12.2. The molecule has 19 heavy (non-hydrogen) atoms. The maximum absolute atomic E-state index is 12.2. The molecule has 0 aromatic carbocycles. The van der Waals surface area contributed by atoms with E-state index in [0.717, 1.165) is 19.4 Å². The molecule has 0 aromatic heterocycles. The smallest absolute Gasteiger partial charge is 0.240 e. The zero-order chi connectivity index (χ0) is 14.1. The highest BCUT2D eigenvalue weighted by Crippen LogP contribution is 2.75. The van der Waals surface area contributed by atoms with E-state index in [-0.39, 0.29) is 22.6 Å². The molecule has 3 aliphatic rings. The van der Waals surface area contributed by atoms with Crippen LogP contribution < -0.4 is 11.2 Å².